The number of ether oxygens (including phenoxy) is 1. The van der Waals surface area contributed by atoms with Crippen LogP contribution in [0, 0.1) is 0 Å². The Bertz CT molecular complexity index is 500. The van der Waals surface area contributed by atoms with Gasteiger partial charge in [-0.2, -0.15) is 10.2 Å². The summed E-state index contributed by atoms with van der Waals surface area (Å²) in [6, 6.07) is 12.1. The molecular formula is C15H19N3O. The molecule has 0 spiro atoms. The van der Waals surface area contributed by atoms with Crippen LogP contribution in [0.3, 0.4) is 0 Å². The zero-order chi connectivity index (χ0) is 13.5. The van der Waals surface area contributed by atoms with Gasteiger partial charge < -0.3 is 9.64 Å². The molecule has 2 rings (SSSR count). The first kappa shape index (κ1) is 13.5. The molecule has 0 bridgehead atoms. The molecule has 1 aromatic carbocycles. The maximum absolute atomic E-state index is 5.78. The van der Waals surface area contributed by atoms with E-state index in [0.717, 1.165) is 24.4 Å². The van der Waals surface area contributed by atoms with Gasteiger partial charge in [-0.1, -0.05) is 30.3 Å². The van der Waals surface area contributed by atoms with Crippen molar-refractivity contribution < 1.29 is 4.74 Å². The van der Waals surface area contributed by atoms with Crippen molar-refractivity contribution >= 4 is 0 Å². The minimum atomic E-state index is 0.653. The lowest BCUT2D eigenvalue weighted by Gasteiger charge is -2.12. The van der Waals surface area contributed by atoms with Crippen LogP contribution in [0.1, 0.15) is 11.3 Å². The van der Waals surface area contributed by atoms with Crippen LogP contribution >= 0.6 is 0 Å². The highest BCUT2D eigenvalue weighted by atomic mass is 16.5. The Balaban J connectivity index is 2.04. The zero-order valence-electron chi connectivity index (χ0n) is 11.4. The number of hydrogen-bond acceptors (Lipinski definition) is 4. The lowest BCUT2D eigenvalue weighted by molar-refractivity contribution is 0.258. The normalized spacial score (nSPS) is 10.7. The van der Waals surface area contributed by atoms with Crippen molar-refractivity contribution in [2.75, 3.05) is 27.2 Å². The summed E-state index contributed by atoms with van der Waals surface area (Å²) in [5, 5.41) is 8.13. The number of likely N-dealkylation sites (N-methyl/N-ethyl adjacent to an activating group) is 1. The average molecular weight is 257 g/mol. The molecule has 0 fully saturated rings. The Morgan fingerprint density at radius 2 is 1.89 bits per heavy atom. The van der Waals surface area contributed by atoms with Crippen LogP contribution in [0.2, 0.25) is 0 Å². The standard InChI is InChI=1S/C15H19N3O/c1-18(2)10-11-19-15-8-9-16-17-14(15)12-13-6-4-3-5-7-13/h3-9H,10-12H2,1-2H3. The highest BCUT2D eigenvalue weighted by Crippen LogP contribution is 2.18. The summed E-state index contributed by atoms with van der Waals surface area (Å²) in [6.07, 6.45) is 2.41. The van der Waals surface area contributed by atoms with Crippen molar-refractivity contribution in [2.45, 2.75) is 6.42 Å². The number of hydrogen-bond donors (Lipinski definition) is 0. The van der Waals surface area contributed by atoms with E-state index in [1.807, 2.05) is 38.4 Å². The first-order valence-corrected chi connectivity index (χ1v) is 6.38. The van der Waals surface area contributed by atoms with Crippen LogP contribution in [0.4, 0.5) is 0 Å². The summed E-state index contributed by atoms with van der Waals surface area (Å²) in [5.41, 5.74) is 2.09. The molecule has 4 nitrogen and oxygen atoms in total. The van der Waals surface area contributed by atoms with Gasteiger partial charge in [0.1, 0.15) is 18.1 Å². The molecule has 1 aromatic heterocycles. The summed E-state index contributed by atoms with van der Waals surface area (Å²) in [6.45, 7) is 1.54. The van der Waals surface area contributed by atoms with Crippen LogP contribution in [0.25, 0.3) is 0 Å². The van der Waals surface area contributed by atoms with E-state index >= 15 is 0 Å². The third kappa shape index (κ3) is 4.34. The lowest BCUT2D eigenvalue weighted by atomic mass is 10.1. The van der Waals surface area contributed by atoms with E-state index in [-0.39, 0.29) is 0 Å². The highest BCUT2D eigenvalue weighted by molar-refractivity contribution is 5.30. The van der Waals surface area contributed by atoms with Gasteiger partial charge in [-0.3, -0.25) is 0 Å². The summed E-state index contributed by atoms with van der Waals surface area (Å²) < 4.78 is 5.78. The number of rotatable bonds is 6. The van der Waals surface area contributed by atoms with Gasteiger partial charge in [0.05, 0.1) is 6.20 Å². The fraction of sp³-hybridized carbons (Fsp3) is 0.333. The Hall–Kier alpha value is -1.94. The largest absolute Gasteiger partial charge is 0.490 e. The summed E-state index contributed by atoms with van der Waals surface area (Å²) >= 11 is 0. The lowest BCUT2D eigenvalue weighted by Crippen LogP contribution is -2.20. The van der Waals surface area contributed by atoms with Gasteiger partial charge in [-0.25, -0.2) is 0 Å². The average Bonchev–Trinajstić information content (AvgIpc) is 2.41. The number of nitrogens with zero attached hydrogens (tertiary/aromatic N) is 3. The van der Waals surface area contributed by atoms with E-state index < -0.39 is 0 Å². The monoisotopic (exact) mass is 257 g/mol. The molecule has 100 valence electrons. The molecule has 1 heterocycles. The number of aromatic nitrogens is 2. The predicted molar refractivity (Wildman–Crippen MR) is 75.3 cm³/mol. The van der Waals surface area contributed by atoms with Crippen LogP contribution in [0.15, 0.2) is 42.6 Å². The van der Waals surface area contributed by atoms with Crippen LogP contribution in [0.5, 0.6) is 5.75 Å². The van der Waals surface area contributed by atoms with Gasteiger partial charge >= 0.3 is 0 Å². The fourth-order valence-corrected chi connectivity index (χ4v) is 1.73. The first-order valence-electron chi connectivity index (χ1n) is 6.38. The molecule has 4 heteroatoms. The van der Waals surface area contributed by atoms with E-state index in [9.17, 15) is 0 Å². The smallest absolute Gasteiger partial charge is 0.144 e. The Morgan fingerprint density at radius 1 is 1.11 bits per heavy atom. The quantitative estimate of drug-likeness (QED) is 0.793. The summed E-state index contributed by atoms with van der Waals surface area (Å²) in [7, 11) is 4.05. The summed E-state index contributed by atoms with van der Waals surface area (Å²) in [4.78, 5) is 2.09. The molecule has 0 saturated heterocycles. The molecule has 0 amide bonds. The van der Waals surface area contributed by atoms with E-state index in [1.54, 1.807) is 6.20 Å². The van der Waals surface area contributed by atoms with Gasteiger partial charge in [-0.05, 0) is 19.7 Å². The maximum Gasteiger partial charge on any atom is 0.144 e. The minimum absolute atomic E-state index is 0.653. The van der Waals surface area contributed by atoms with Gasteiger partial charge in [0, 0.05) is 19.0 Å². The maximum atomic E-state index is 5.78. The molecule has 0 N–H and O–H groups in total. The van der Waals surface area contributed by atoms with Crippen molar-refractivity contribution in [1.82, 2.24) is 15.1 Å². The van der Waals surface area contributed by atoms with Crippen molar-refractivity contribution in [1.29, 1.82) is 0 Å². The molecule has 2 aromatic rings. The first-order chi connectivity index (χ1) is 9.25. The van der Waals surface area contributed by atoms with Crippen LogP contribution in [-0.2, 0) is 6.42 Å². The second kappa shape index (κ2) is 6.85. The van der Waals surface area contributed by atoms with Crippen LogP contribution < -0.4 is 4.74 Å². The predicted octanol–water partition coefficient (Wildman–Crippen LogP) is 2.01. The van der Waals surface area contributed by atoms with Crippen LogP contribution in [-0.4, -0.2) is 42.3 Å². The second-order valence-electron chi connectivity index (χ2n) is 4.66. The molecule has 0 unspecified atom stereocenters. The summed E-state index contributed by atoms with van der Waals surface area (Å²) in [5.74, 6) is 0.820. The van der Waals surface area contributed by atoms with Gasteiger partial charge in [0.2, 0.25) is 0 Å². The number of benzene rings is 1. The minimum Gasteiger partial charge on any atom is -0.490 e. The SMILES string of the molecule is CN(C)CCOc1ccnnc1Cc1ccccc1. The van der Waals surface area contributed by atoms with Crippen molar-refractivity contribution in [3.8, 4) is 5.75 Å². The van der Waals surface area contributed by atoms with E-state index in [4.69, 9.17) is 4.74 Å². The zero-order valence-corrected chi connectivity index (χ0v) is 11.4. The molecule has 0 radical (unpaired) electrons. The Kier molecular flexibility index (Phi) is 4.86. The Labute approximate surface area is 114 Å². The third-order valence-electron chi connectivity index (χ3n) is 2.77. The molecule has 0 aliphatic rings. The molecule has 0 saturated carbocycles. The third-order valence-corrected chi connectivity index (χ3v) is 2.77. The van der Waals surface area contributed by atoms with Crippen molar-refractivity contribution in [2.24, 2.45) is 0 Å². The van der Waals surface area contributed by atoms with Gasteiger partial charge in [0.25, 0.3) is 0 Å². The topological polar surface area (TPSA) is 38.2 Å². The molecule has 0 aliphatic heterocycles. The van der Waals surface area contributed by atoms with Crippen molar-refractivity contribution in [3.63, 3.8) is 0 Å². The molecule has 0 aliphatic carbocycles. The van der Waals surface area contributed by atoms with E-state index in [1.165, 1.54) is 5.56 Å². The highest BCUT2D eigenvalue weighted by Gasteiger charge is 2.06. The molecule has 19 heavy (non-hydrogen) atoms. The van der Waals surface area contributed by atoms with Crippen molar-refractivity contribution in [3.05, 3.63) is 53.9 Å². The molecular weight excluding hydrogens is 238 g/mol. The second-order valence-corrected chi connectivity index (χ2v) is 4.66. The Morgan fingerprint density at radius 3 is 2.63 bits per heavy atom. The van der Waals surface area contributed by atoms with E-state index in [0.29, 0.717) is 6.61 Å². The van der Waals surface area contributed by atoms with E-state index in [2.05, 4.69) is 27.2 Å². The van der Waals surface area contributed by atoms with Gasteiger partial charge in [-0.15, -0.1) is 0 Å². The molecule has 0 atom stereocenters. The fourth-order valence-electron chi connectivity index (χ4n) is 1.73. The van der Waals surface area contributed by atoms with Gasteiger partial charge in [0.15, 0.2) is 0 Å².